The number of hydrogen-bond acceptors (Lipinski definition) is 5. The van der Waals surface area contributed by atoms with Gasteiger partial charge in [-0.05, 0) is 55.5 Å². The fraction of sp³-hybridized carbons (Fsp3) is 0.476. The van der Waals surface area contributed by atoms with Crippen LogP contribution in [0.2, 0.25) is 0 Å². The maximum atomic E-state index is 8.89. The number of unbranched alkanes of at least 4 members (excludes halogenated alkanes) is 3. The quantitative estimate of drug-likeness (QED) is 0.272. The first-order chi connectivity index (χ1) is 13.2. The first-order valence-corrected chi connectivity index (χ1v) is 10.6. The number of rotatable bonds is 13. The molecule has 1 heterocycles. The number of aliphatic imine (C=N–C) groups is 1. The Labute approximate surface area is 166 Å². The fourth-order valence-electron chi connectivity index (χ4n) is 2.65. The minimum atomic E-state index is 0.236. The van der Waals surface area contributed by atoms with E-state index in [0.717, 1.165) is 54.3 Å². The standard InChI is InChI=1S/C21H31N3O2S/c1-2-3-6-13-26-19-10-9-18(24-21(22)20-8-7-14-27-20)15-17(19)16-23-11-4-5-12-25/h7-10,14-15,23,25H,2-6,11-13,16H2,1H3,(H2,22,24). The number of hydrogen-bond donors (Lipinski definition) is 3. The summed E-state index contributed by atoms with van der Waals surface area (Å²) in [4.78, 5) is 5.53. The largest absolute Gasteiger partial charge is 0.493 e. The van der Waals surface area contributed by atoms with Crippen molar-refractivity contribution in [2.75, 3.05) is 19.8 Å². The lowest BCUT2D eigenvalue weighted by Gasteiger charge is -2.13. The average Bonchev–Trinajstić information content (AvgIpc) is 3.21. The van der Waals surface area contributed by atoms with Gasteiger partial charge in [0.05, 0.1) is 17.2 Å². The van der Waals surface area contributed by atoms with E-state index >= 15 is 0 Å². The summed E-state index contributed by atoms with van der Waals surface area (Å²) in [7, 11) is 0. The van der Waals surface area contributed by atoms with Crippen molar-refractivity contribution in [2.45, 2.75) is 45.6 Å². The molecule has 5 nitrogen and oxygen atoms in total. The van der Waals surface area contributed by atoms with Crippen molar-refractivity contribution in [3.63, 3.8) is 0 Å². The van der Waals surface area contributed by atoms with Crippen LogP contribution in [0.3, 0.4) is 0 Å². The van der Waals surface area contributed by atoms with Gasteiger partial charge < -0.3 is 20.9 Å². The lowest BCUT2D eigenvalue weighted by atomic mass is 10.1. The number of amidine groups is 1. The van der Waals surface area contributed by atoms with Gasteiger partial charge in [0.15, 0.2) is 0 Å². The lowest BCUT2D eigenvalue weighted by Crippen LogP contribution is -2.16. The molecule has 0 saturated carbocycles. The maximum Gasteiger partial charge on any atom is 0.141 e. The van der Waals surface area contributed by atoms with E-state index in [9.17, 15) is 0 Å². The zero-order chi connectivity index (χ0) is 19.3. The molecule has 0 amide bonds. The second kappa shape index (κ2) is 12.5. The summed E-state index contributed by atoms with van der Waals surface area (Å²) in [5.74, 6) is 1.43. The molecule has 0 aliphatic rings. The van der Waals surface area contributed by atoms with Gasteiger partial charge in [0, 0.05) is 18.7 Å². The molecule has 2 rings (SSSR count). The molecule has 148 valence electrons. The molecular formula is C21H31N3O2S. The summed E-state index contributed by atoms with van der Waals surface area (Å²) in [5, 5.41) is 14.3. The Morgan fingerprint density at radius 3 is 2.85 bits per heavy atom. The van der Waals surface area contributed by atoms with Crippen LogP contribution >= 0.6 is 11.3 Å². The Kier molecular flexibility index (Phi) is 9.90. The number of nitrogens with zero attached hydrogens (tertiary/aromatic N) is 1. The average molecular weight is 390 g/mol. The fourth-order valence-corrected chi connectivity index (χ4v) is 3.28. The monoisotopic (exact) mass is 389 g/mol. The van der Waals surface area contributed by atoms with Crippen LogP contribution in [-0.2, 0) is 6.54 Å². The topological polar surface area (TPSA) is 79.9 Å². The minimum Gasteiger partial charge on any atom is -0.493 e. The van der Waals surface area contributed by atoms with E-state index in [1.807, 2.05) is 35.7 Å². The second-order valence-electron chi connectivity index (χ2n) is 6.43. The second-order valence-corrected chi connectivity index (χ2v) is 7.38. The van der Waals surface area contributed by atoms with Gasteiger partial charge in [-0.2, -0.15) is 0 Å². The zero-order valence-corrected chi connectivity index (χ0v) is 16.9. The highest BCUT2D eigenvalue weighted by Crippen LogP contribution is 2.26. The van der Waals surface area contributed by atoms with Gasteiger partial charge in [-0.3, -0.25) is 0 Å². The summed E-state index contributed by atoms with van der Waals surface area (Å²) in [5.41, 5.74) is 8.03. The predicted octanol–water partition coefficient (Wildman–Crippen LogP) is 4.22. The third-order valence-corrected chi connectivity index (χ3v) is 5.04. The molecule has 4 N–H and O–H groups in total. The van der Waals surface area contributed by atoms with Gasteiger partial charge in [0.25, 0.3) is 0 Å². The van der Waals surface area contributed by atoms with Crippen LogP contribution in [0.15, 0.2) is 40.7 Å². The Bertz CT molecular complexity index is 687. The van der Waals surface area contributed by atoms with Crippen molar-refractivity contribution < 1.29 is 9.84 Å². The molecule has 0 fully saturated rings. The highest BCUT2D eigenvalue weighted by atomic mass is 32.1. The summed E-state index contributed by atoms with van der Waals surface area (Å²) in [6.45, 7) is 4.72. The smallest absolute Gasteiger partial charge is 0.141 e. The van der Waals surface area contributed by atoms with Gasteiger partial charge in [-0.1, -0.05) is 25.8 Å². The molecule has 0 unspecified atom stereocenters. The van der Waals surface area contributed by atoms with E-state index in [0.29, 0.717) is 12.4 Å². The SMILES string of the molecule is CCCCCOc1ccc(N=C(N)c2cccs2)cc1CNCCCCO. The normalized spacial score (nSPS) is 11.7. The first-order valence-electron chi connectivity index (χ1n) is 9.70. The third-order valence-electron chi connectivity index (χ3n) is 4.15. The molecule has 0 radical (unpaired) electrons. The van der Waals surface area contributed by atoms with Gasteiger partial charge in [-0.15, -0.1) is 11.3 Å². The Balaban J connectivity index is 2.07. The van der Waals surface area contributed by atoms with Crippen molar-refractivity contribution in [1.82, 2.24) is 5.32 Å². The number of nitrogens with two attached hydrogens (primary N) is 1. The van der Waals surface area contributed by atoms with Crippen molar-refractivity contribution >= 4 is 22.9 Å². The maximum absolute atomic E-state index is 8.89. The lowest BCUT2D eigenvalue weighted by molar-refractivity contribution is 0.283. The van der Waals surface area contributed by atoms with Crippen molar-refractivity contribution in [2.24, 2.45) is 10.7 Å². The number of thiophene rings is 1. The van der Waals surface area contributed by atoms with Crippen LogP contribution in [0.4, 0.5) is 5.69 Å². The van der Waals surface area contributed by atoms with Crippen LogP contribution in [0, 0.1) is 0 Å². The highest BCUT2D eigenvalue weighted by Gasteiger charge is 2.07. The molecule has 0 aliphatic carbocycles. The van der Waals surface area contributed by atoms with Crippen LogP contribution in [0.5, 0.6) is 5.75 Å². The number of ether oxygens (including phenoxy) is 1. The van der Waals surface area contributed by atoms with Crippen molar-refractivity contribution in [3.05, 3.63) is 46.2 Å². The summed E-state index contributed by atoms with van der Waals surface area (Å²) in [6.07, 6.45) is 5.18. The summed E-state index contributed by atoms with van der Waals surface area (Å²) >= 11 is 1.58. The molecule has 0 saturated heterocycles. The van der Waals surface area contributed by atoms with E-state index in [2.05, 4.69) is 17.2 Å². The van der Waals surface area contributed by atoms with E-state index < -0.39 is 0 Å². The van der Waals surface area contributed by atoms with Gasteiger partial charge in [0.1, 0.15) is 11.6 Å². The molecule has 0 atom stereocenters. The van der Waals surface area contributed by atoms with E-state index in [1.54, 1.807) is 11.3 Å². The predicted molar refractivity (Wildman–Crippen MR) is 114 cm³/mol. The Hall–Kier alpha value is -1.89. The zero-order valence-electron chi connectivity index (χ0n) is 16.1. The Morgan fingerprint density at radius 2 is 2.11 bits per heavy atom. The first kappa shape index (κ1) is 21.4. The van der Waals surface area contributed by atoms with Crippen LogP contribution in [0.25, 0.3) is 0 Å². The van der Waals surface area contributed by atoms with Crippen molar-refractivity contribution in [1.29, 1.82) is 0 Å². The molecule has 0 spiro atoms. The van der Waals surface area contributed by atoms with E-state index in [4.69, 9.17) is 15.6 Å². The van der Waals surface area contributed by atoms with E-state index in [-0.39, 0.29) is 6.61 Å². The molecule has 1 aromatic carbocycles. The number of aliphatic hydroxyl groups is 1. The Morgan fingerprint density at radius 1 is 1.22 bits per heavy atom. The van der Waals surface area contributed by atoms with Crippen LogP contribution < -0.4 is 15.8 Å². The van der Waals surface area contributed by atoms with Gasteiger partial charge >= 0.3 is 0 Å². The summed E-state index contributed by atoms with van der Waals surface area (Å²) in [6, 6.07) is 9.91. The van der Waals surface area contributed by atoms with Gasteiger partial charge in [-0.25, -0.2) is 4.99 Å². The van der Waals surface area contributed by atoms with Crippen LogP contribution in [0.1, 0.15) is 49.5 Å². The number of nitrogens with one attached hydrogen (secondary N) is 1. The van der Waals surface area contributed by atoms with E-state index in [1.165, 1.54) is 12.8 Å². The third kappa shape index (κ3) is 7.71. The van der Waals surface area contributed by atoms with Crippen LogP contribution in [-0.4, -0.2) is 30.7 Å². The molecule has 6 heteroatoms. The molecular weight excluding hydrogens is 358 g/mol. The molecule has 0 bridgehead atoms. The number of benzene rings is 1. The number of aliphatic hydroxyl groups excluding tert-OH is 1. The summed E-state index contributed by atoms with van der Waals surface area (Å²) < 4.78 is 5.99. The molecule has 2 aromatic rings. The molecule has 27 heavy (non-hydrogen) atoms. The minimum absolute atomic E-state index is 0.236. The molecule has 0 aliphatic heterocycles. The van der Waals surface area contributed by atoms with Crippen molar-refractivity contribution in [3.8, 4) is 5.75 Å². The highest BCUT2D eigenvalue weighted by molar-refractivity contribution is 7.12. The van der Waals surface area contributed by atoms with Gasteiger partial charge in [0.2, 0.25) is 0 Å². The molecule has 1 aromatic heterocycles.